The first-order chi connectivity index (χ1) is 14.3. The molecule has 0 aliphatic carbocycles. The topological polar surface area (TPSA) is 145 Å². The van der Waals surface area contributed by atoms with E-state index in [-0.39, 0.29) is 42.2 Å². The van der Waals surface area contributed by atoms with E-state index >= 15 is 0 Å². The molecule has 0 saturated carbocycles. The highest BCUT2D eigenvalue weighted by Gasteiger charge is 2.44. The second kappa shape index (κ2) is 10.9. The van der Waals surface area contributed by atoms with E-state index in [4.69, 9.17) is 19.9 Å². The molecule has 1 aromatic carbocycles. The smallest absolute Gasteiger partial charge is 0.339 e. The molecule has 0 aromatic heterocycles. The third-order valence-electron chi connectivity index (χ3n) is 4.77. The molecule has 166 valence electrons. The van der Waals surface area contributed by atoms with Crippen LogP contribution in [0.3, 0.4) is 0 Å². The molecule has 4 N–H and O–H groups in total. The van der Waals surface area contributed by atoms with Gasteiger partial charge in [0.05, 0.1) is 12.5 Å². The normalized spacial score (nSPS) is 23.6. The standard InChI is InChI=1S/C21H29NO8/c1-3-5-13(23)10-15-19(30-18(25)6-4-2)16(24)11-28-21(15)29-17-8-7-12(22)9-14(17)20(26)27/h7-9,15-16,19,21,24H,3-6,10-11,22H2,1-2H3,(H,26,27)/t15-,16-,19-,21+/m1/s1. The first-order valence-corrected chi connectivity index (χ1v) is 10.1. The van der Waals surface area contributed by atoms with Crippen LogP contribution in [0.1, 0.15) is 56.3 Å². The molecule has 2 rings (SSSR count). The molecule has 9 nitrogen and oxygen atoms in total. The number of aliphatic hydroxyl groups is 1. The molecule has 4 atom stereocenters. The van der Waals surface area contributed by atoms with Crippen molar-refractivity contribution in [2.24, 2.45) is 5.92 Å². The summed E-state index contributed by atoms with van der Waals surface area (Å²) in [7, 11) is 0. The van der Waals surface area contributed by atoms with Gasteiger partial charge in [-0.15, -0.1) is 0 Å². The second-order valence-electron chi connectivity index (χ2n) is 7.31. The molecular weight excluding hydrogens is 394 g/mol. The minimum absolute atomic E-state index is 0.00432. The van der Waals surface area contributed by atoms with E-state index < -0.39 is 36.4 Å². The van der Waals surface area contributed by atoms with Crippen molar-refractivity contribution in [2.75, 3.05) is 12.3 Å². The monoisotopic (exact) mass is 423 g/mol. The Hall–Kier alpha value is -2.65. The quantitative estimate of drug-likeness (QED) is 0.380. The number of aliphatic hydroxyl groups excluding tert-OH is 1. The van der Waals surface area contributed by atoms with Crippen molar-refractivity contribution in [3.8, 4) is 5.75 Å². The van der Waals surface area contributed by atoms with E-state index in [0.717, 1.165) is 0 Å². The number of hydrogen-bond acceptors (Lipinski definition) is 8. The van der Waals surface area contributed by atoms with Crippen molar-refractivity contribution < 1.29 is 38.8 Å². The summed E-state index contributed by atoms with van der Waals surface area (Å²) < 4.78 is 16.8. The van der Waals surface area contributed by atoms with Gasteiger partial charge in [-0.25, -0.2) is 4.79 Å². The summed E-state index contributed by atoms with van der Waals surface area (Å²) >= 11 is 0. The lowest BCUT2D eigenvalue weighted by molar-refractivity contribution is -0.230. The van der Waals surface area contributed by atoms with Crippen LogP contribution < -0.4 is 10.5 Å². The van der Waals surface area contributed by atoms with E-state index in [9.17, 15) is 24.6 Å². The number of Topliss-reactive ketones (excluding diaryl/α,β-unsaturated/α-hetero) is 1. The number of rotatable bonds is 10. The van der Waals surface area contributed by atoms with Crippen LogP contribution in [0.5, 0.6) is 5.75 Å². The lowest BCUT2D eigenvalue weighted by Crippen LogP contribution is -2.53. The maximum Gasteiger partial charge on any atom is 0.339 e. The van der Waals surface area contributed by atoms with E-state index in [1.165, 1.54) is 18.2 Å². The zero-order valence-electron chi connectivity index (χ0n) is 17.2. The average molecular weight is 423 g/mol. The van der Waals surface area contributed by atoms with E-state index in [2.05, 4.69) is 0 Å². The summed E-state index contributed by atoms with van der Waals surface area (Å²) in [5.74, 6) is -2.62. The molecule has 0 amide bonds. The van der Waals surface area contributed by atoms with Crippen molar-refractivity contribution in [1.29, 1.82) is 0 Å². The Morgan fingerprint density at radius 1 is 1.20 bits per heavy atom. The van der Waals surface area contributed by atoms with Crippen molar-refractivity contribution in [1.82, 2.24) is 0 Å². The Morgan fingerprint density at radius 3 is 2.53 bits per heavy atom. The molecule has 9 heteroatoms. The van der Waals surface area contributed by atoms with Gasteiger partial charge in [0, 0.05) is 24.9 Å². The molecule has 1 aliphatic heterocycles. The number of esters is 1. The van der Waals surface area contributed by atoms with Crippen LogP contribution >= 0.6 is 0 Å². The summed E-state index contributed by atoms with van der Waals surface area (Å²) in [4.78, 5) is 36.0. The predicted molar refractivity (Wildman–Crippen MR) is 107 cm³/mol. The van der Waals surface area contributed by atoms with Gasteiger partial charge in [0.25, 0.3) is 0 Å². The molecule has 1 aliphatic rings. The second-order valence-corrected chi connectivity index (χ2v) is 7.31. The van der Waals surface area contributed by atoms with E-state index in [1.807, 2.05) is 13.8 Å². The molecule has 0 spiro atoms. The highest BCUT2D eigenvalue weighted by atomic mass is 16.7. The number of anilines is 1. The van der Waals surface area contributed by atoms with Crippen LogP contribution in [0.4, 0.5) is 5.69 Å². The lowest BCUT2D eigenvalue weighted by atomic mass is 9.88. The average Bonchev–Trinajstić information content (AvgIpc) is 2.68. The number of carbonyl (C=O) groups excluding carboxylic acids is 2. The predicted octanol–water partition coefficient (Wildman–Crippen LogP) is 2.15. The van der Waals surface area contributed by atoms with Gasteiger partial charge in [0.15, 0.2) is 0 Å². The Labute approximate surface area is 175 Å². The van der Waals surface area contributed by atoms with Crippen LogP contribution in [0.15, 0.2) is 18.2 Å². The van der Waals surface area contributed by atoms with Gasteiger partial charge < -0.3 is 30.2 Å². The third-order valence-corrected chi connectivity index (χ3v) is 4.77. The highest BCUT2D eigenvalue weighted by molar-refractivity contribution is 5.92. The van der Waals surface area contributed by atoms with Gasteiger partial charge >= 0.3 is 11.9 Å². The maximum atomic E-state index is 12.3. The van der Waals surface area contributed by atoms with Gasteiger partial charge in [-0.3, -0.25) is 9.59 Å². The van der Waals surface area contributed by atoms with Crippen molar-refractivity contribution in [2.45, 2.75) is 64.4 Å². The number of aromatic carboxylic acids is 1. The van der Waals surface area contributed by atoms with Gasteiger partial charge in [-0.1, -0.05) is 13.8 Å². The molecule has 1 heterocycles. The number of ketones is 1. The fraction of sp³-hybridized carbons (Fsp3) is 0.571. The van der Waals surface area contributed by atoms with Crippen LogP contribution in [-0.2, 0) is 19.1 Å². The van der Waals surface area contributed by atoms with Gasteiger partial charge in [-0.05, 0) is 31.0 Å². The minimum atomic E-state index is -1.24. The molecule has 1 aromatic rings. The fourth-order valence-corrected chi connectivity index (χ4v) is 3.35. The largest absolute Gasteiger partial charge is 0.478 e. The number of nitrogens with two attached hydrogens (primary N) is 1. The molecular formula is C21H29NO8. The number of nitrogen functional groups attached to an aromatic ring is 1. The Morgan fingerprint density at radius 2 is 1.90 bits per heavy atom. The Bertz CT molecular complexity index is 765. The van der Waals surface area contributed by atoms with Crippen molar-refractivity contribution >= 4 is 23.4 Å². The zero-order valence-corrected chi connectivity index (χ0v) is 17.2. The summed E-state index contributed by atoms with van der Waals surface area (Å²) in [5.41, 5.74) is 5.75. The minimum Gasteiger partial charge on any atom is -0.478 e. The molecule has 1 fully saturated rings. The summed E-state index contributed by atoms with van der Waals surface area (Å²) in [6, 6.07) is 4.14. The first-order valence-electron chi connectivity index (χ1n) is 10.1. The number of carboxylic acids is 1. The van der Waals surface area contributed by atoms with Crippen molar-refractivity contribution in [3.63, 3.8) is 0 Å². The van der Waals surface area contributed by atoms with Crippen LogP contribution in [-0.4, -0.2) is 53.0 Å². The highest BCUT2D eigenvalue weighted by Crippen LogP contribution is 2.32. The van der Waals surface area contributed by atoms with Crippen LogP contribution in [0.2, 0.25) is 0 Å². The number of carbonyl (C=O) groups is 3. The Balaban J connectivity index is 2.32. The Kier molecular flexibility index (Phi) is 8.61. The van der Waals surface area contributed by atoms with E-state index in [0.29, 0.717) is 19.3 Å². The fourth-order valence-electron chi connectivity index (χ4n) is 3.35. The summed E-state index contributed by atoms with van der Waals surface area (Å²) in [5, 5.41) is 19.8. The zero-order chi connectivity index (χ0) is 22.3. The summed E-state index contributed by atoms with van der Waals surface area (Å²) in [6.45, 7) is 3.50. The number of hydrogen-bond donors (Lipinski definition) is 3. The summed E-state index contributed by atoms with van der Waals surface area (Å²) in [6.07, 6.45) is -1.57. The van der Waals surface area contributed by atoms with Crippen molar-refractivity contribution in [3.05, 3.63) is 23.8 Å². The van der Waals surface area contributed by atoms with Gasteiger partial charge in [0.1, 0.15) is 29.3 Å². The molecule has 1 saturated heterocycles. The SMILES string of the molecule is CCCC(=O)C[C@H]1[C@H](Oc2ccc(N)cc2C(=O)O)OC[C@@H](O)[C@@H]1OC(=O)CCC. The van der Waals surface area contributed by atoms with Crippen LogP contribution in [0.25, 0.3) is 0 Å². The number of ether oxygens (including phenoxy) is 3. The first kappa shape index (κ1) is 23.6. The van der Waals surface area contributed by atoms with E-state index in [1.54, 1.807) is 0 Å². The maximum absolute atomic E-state index is 12.3. The molecule has 0 bridgehead atoms. The molecule has 30 heavy (non-hydrogen) atoms. The molecule has 0 unspecified atom stereocenters. The number of carboxylic acid groups (broad SMARTS) is 1. The lowest BCUT2D eigenvalue weighted by Gasteiger charge is -2.40. The van der Waals surface area contributed by atoms with Crippen LogP contribution in [0, 0.1) is 5.92 Å². The number of benzene rings is 1. The van der Waals surface area contributed by atoms with Gasteiger partial charge in [-0.2, -0.15) is 0 Å². The third kappa shape index (κ3) is 6.17. The van der Waals surface area contributed by atoms with Gasteiger partial charge in [0.2, 0.25) is 6.29 Å². The molecule has 0 radical (unpaired) electrons.